The minimum atomic E-state index is -0.0325. The summed E-state index contributed by atoms with van der Waals surface area (Å²) >= 11 is 0. The molecule has 0 aromatic carbocycles. The normalized spacial score (nSPS) is 24.1. The summed E-state index contributed by atoms with van der Waals surface area (Å²) in [7, 11) is 2.06. The number of amides is 1. The quantitative estimate of drug-likeness (QED) is 0.671. The highest BCUT2D eigenvalue weighted by atomic mass is 16.5. The van der Waals surface area contributed by atoms with Gasteiger partial charge in [0.15, 0.2) is 0 Å². The number of hydrogen-bond donors (Lipinski definition) is 2. The predicted octanol–water partition coefficient (Wildman–Crippen LogP) is -0.439. The number of hydrogen-bond acceptors (Lipinski definition) is 4. The predicted molar refractivity (Wildman–Crippen MR) is 63.1 cm³/mol. The Hall–Kier alpha value is -0.650. The molecule has 0 aromatic rings. The van der Waals surface area contributed by atoms with E-state index in [4.69, 9.17) is 10.5 Å². The molecule has 0 aromatic heterocycles. The SMILES string of the molecule is CCC(N)CC(=O)NCC1CN(C)CCO1. The maximum absolute atomic E-state index is 11.5. The summed E-state index contributed by atoms with van der Waals surface area (Å²) in [6.07, 6.45) is 1.34. The highest BCUT2D eigenvalue weighted by Crippen LogP contribution is 2.02. The number of ether oxygens (including phenoxy) is 1. The fraction of sp³-hybridized carbons (Fsp3) is 0.909. The van der Waals surface area contributed by atoms with E-state index in [9.17, 15) is 4.79 Å². The fourth-order valence-corrected chi connectivity index (χ4v) is 1.67. The molecule has 0 radical (unpaired) electrons. The lowest BCUT2D eigenvalue weighted by molar-refractivity contribution is -0.122. The molecule has 0 saturated carbocycles. The number of nitrogens with zero attached hydrogens (tertiary/aromatic N) is 1. The second-order valence-electron chi connectivity index (χ2n) is 4.43. The van der Waals surface area contributed by atoms with Gasteiger partial charge in [0.05, 0.1) is 12.7 Å². The minimum Gasteiger partial charge on any atom is -0.374 e. The first-order chi connectivity index (χ1) is 7.61. The van der Waals surface area contributed by atoms with Gasteiger partial charge in [0.25, 0.3) is 0 Å². The first-order valence-electron chi connectivity index (χ1n) is 5.94. The van der Waals surface area contributed by atoms with E-state index < -0.39 is 0 Å². The zero-order chi connectivity index (χ0) is 12.0. The molecule has 5 heteroatoms. The summed E-state index contributed by atoms with van der Waals surface area (Å²) in [6, 6.07) is -0.0325. The van der Waals surface area contributed by atoms with Crippen LogP contribution in [0.1, 0.15) is 19.8 Å². The largest absolute Gasteiger partial charge is 0.374 e. The van der Waals surface area contributed by atoms with Crippen molar-refractivity contribution < 1.29 is 9.53 Å². The number of carbonyl (C=O) groups excluding carboxylic acids is 1. The molecule has 94 valence electrons. The van der Waals surface area contributed by atoms with E-state index in [1.165, 1.54) is 0 Å². The van der Waals surface area contributed by atoms with Gasteiger partial charge in [-0.25, -0.2) is 0 Å². The number of carbonyl (C=O) groups is 1. The Morgan fingerprint density at radius 2 is 2.44 bits per heavy atom. The van der Waals surface area contributed by atoms with Crippen LogP contribution in [0.2, 0.25) is 0 Å². The first kappa shape index (κ1) is 13.4. The van der Waals surface area contributed by atoms with Gasteiger partial charge in [-0.05, 0) is 13.5 Å². The summed E-state index contributed by atoms with van der Waals surface area (Å²) in [6.45, 7) is 5.15. The fourth-order valence-electron chi connectivity index (χ4n) is 1.67. The van der Waals surface area contributed by atoms with Crippen LogP contribution in [0.5, 0.6) is 0 Å². The van der Waals surface area contributed by atoms with Crippen molar-refractivity contribution in [3.8, 4) is 0 Å². The van der Waals surface area contributed by atoms with Crippen LogP contribution < -0.4 is 11.1 Å². The Bertz CT molecular complexity index is 223. The van der Waals surface area contributed by atoms with E-state index in [0.29, 0.717) is 13.0 Å². The maximum atomic E-state index is 11.5. The molecule has 3 N–H and O–H groups in total. The van der Waals surface area contributed by atoms with E-state index in [0.717, 1.165) is 26.1 Å². The number of likely N-dealkylation sites (N-methyl/N-ethyl adjacent to an activating group) is 1. The van der Waals surface area contributed by atoms with Crippen molar-refractivity contribution in [1.82, 2.24) is 10.2 Å². The second kappa shape index (κ2) is 6.83. The van der Waals surface area contributed by atoms with Gasteiger partial charge < -0.3 is 20.7 Å². The van der Waals surface area contributed by atoms with Crippen LogP contribution in [-0.2, 0) is 9.53 Å². The van der Waals surface area contributed by atoms with Gasteiger partial charge in [0, 0.05) is 32.1 Å². The molecule has 0 bridgehead atoms. The van der Waals surface area contributed by atoms with Gasteiger partial charge in [0.1, 0.15) is 0 Å². The molecule has 1 fully saturated rings. The van der Waals surface area contributed by atoms with E-state index in [2.05, 4.69) is 17.3 Å². The van der Waals surface area contributed by atoms with Crippen molar-refractivity contribution in [3.63, 3.8) is 0 Å². The molecule has 5 nitrogen and oxygen atoms in total. The zero-order valence-electron chi connectivity index (χ0n) is 10.2. The van der Waals surface area contributed by atoms with Crippen molar-refractivity contribution in [2.75, 3.05) is 33.3 Å². The van der Waals surface area contributed by atoms with Gasteiger partial charge in [-0.2, -0.15) is 0 Å². The number of morpholine rings is 1. The number of nitrogens with one attached hydrogen (secondary N) is 1. The lowest BCUT2D eigenvalue weighted by Crippen LogP contribution is -2.46. The molecule has 2 unspecified atom stereocenters. The standard InChI is InChI=1S/C11H23N3O2/c1-3-9(12)6-11(15)13-7-10-8-14(2)4-5-16-10/h9-10H,3-8,12H2,1-2H3,(H,13,15). The van der Waals surface area contributed by atoms with Crippen LogP contribution in [0, 0.1) is 0 Å². The second-order valence-corrected chi connectivity index (χ2v) is 4.43. The number of nitrogens with two attached hydrogens (primary N) is 1. The van der Waals surface area contributed by atoms with E-state index in [-0.39, 0.29) is 18.1 Å². The molecule has 16 heavy (non-hydrogen) atoms. The van der Waals surface area contributed by atoms with Gasteiger partial charge >= 0.3 is 0 Å². The number of rotatable bonds is 5. The minimum absolute atomic E-state index is 0.0196. The Kier molecular flexibility index (Phi) is 5.73. The van der Waals surface area contributed by atoms with Gasteiger partial charge in [-0.1, -0.05) is 6.92 Å². The maximum Gasteiger partial charge on any atom is 0.221 e. The smallest absolute Gasteiger partial charge is 0.221 e. The van der Waals surface area contributed by atoms with Crippen molar-refractivity contribution in [2.24, 2.45) is 5.73 Å². The topological polar surface area (TPSA) is 67.6 Å². The van der Waals surface area contributed by atoms with Crippen LogP contribution in [0.15, 0.2) is 0 Å². The highest BCUT2D eigenvalue weighted by molar-refractivity contribution is 5.76. The van der Waals surface area contributed by atoms with Crippen molar-refractivity contribution >= 4 is 5.91 Å². The molecule has 1 aliphatic heterocycles. The van der Waals surface area contributed by atoms with Crippen molar-refractivity contribution in [3.05, 3.63) is 0 Å². The zero-order valence-corrected chi connectivity index (χ0v) is 10.2. The monoisotopic (exact) mass is 229 g/mol. The summed E-state index contributed by atoms with van der Waals surface area (Å²) in [5.74, 6) is 0.0196. The molecule has 1 aliphatic rings. The molecular formula is C11H23N3O2. The average Bonchev–Trinajstić information content (AvgIpc) is 2.26. The van der Waals surface area contributed by atoms with Crippen LogP contribution in [0.25, 0.3) is 0 Å². The van der Waals surface area contributed by atoms with Crippen molar-refractivity contribution in [2.45, 2.75) is 31.9 Å². The third kappa shape index (κ3) is 4.92. The lowest BCUT2D eigenvalue weighted by Gasteiger charge is -2.30. The average molecular weight is 229 g/mol. The van der Waals surface area contributed by atoms with Crippen LogP contribution in [0.3, 0.4) is 0 Å². The Balaban J connectivity index is 2.15. The molecule has 0 aliphatic carbocycles. The van der Waals surface area contributed by atoms with E-state index in [1.807, 2.05) is 6.92 Å². The molecule has 1 heterocycles. The molecule has 0 spiro atoms. The van der Waals surface area contributed by atoms with Gasteiger partial charge in [-0.15, -0.1) is 0 Å². The molecule has 1 rings (SSSR count). The van der Waals surface area contributed by atoms with E-state index >= 15 is 0 Å². The molecular weight excluding hydrogens is 206 g/mol. The van der Waals surface area contributed by atoms with Crippen LogP contribution in [0.4, 0.5) is 0 Å². The lowest BCUT2D eigenvalue weighted by atomic mass is 10.1. The Morgan fingerprint density at radius 1 is 1.69 bits per heavy atom. The Morgan fingerprint density at radius 3 is 3.06 bits per heavy atom. The Labute approximate surface area is 97.3 Å². The molecule has 1 saturated heterocycles. The molecule has 2 atom stereocenters. The summed E-state index contributed by atoms with van der Waals surface area (Å²) in [4.78, 5) is 13.7. The van der Waals surface area contributed by atoms with Crippen molar-refractivity contribution in [1.29, 1.82) is 0 Å². The third-order valence-corrected chi connectivity index (χ3v) is 2.84. The summed E-state index contributed by atoms with van der Waals surface area (Å²) in [5, 5.41) is 2.87. The summed E-state index contributed by atoms with van der Waals surface area (Å²) in [5.41, 5.74) is 5.70. The van der Waals surface area contributed by atoms with Crippen LogP contribution in [-0.4, -0.2) is 56.2 Å². The summed E-state index contributed by atoms with van der Waals surface area (Å²) < 4.78 is 5.54. The molecule has 1 amide bonds. The third-order valence-electron chi connectivity index (χ3n) is 2.84. The van der Waals surface area contributed by atoms with Gasteiger partial charge in [0.2, 0.25) is 5.91 Å². The van der Waals surface area contributed by atoms with Crippen LogP contribution >= 0.6 is 0 Å². The van der Waals surface area contributed by atoms with Gasteiger partial charge in [-0.3, -0.25) is 4.79 Å². The first-order valence-corrected chi connectivity index (χ1v) is 5.94. The van der Waals surface area contributed by atoms with E-state index in [1.54, 1.807) is 0 Å². The highest BCUT2D eigenvalue weighted by Gasteiger charge is 2.18.